The van der Waals surface area contributed by atoms with Crippen LogP contribution >= 0.6 is 11.6 Å². The summed E-state index contributed by atoms with van der Waals surface area (Å²) in [6.07, 6.45) is -1.96. The molecule has 3 rings (SSSR count). The van der Waals surface area contributed by atoms with E-state index in [1.165, 1.54) is 23.2 Å². The molecule has 7 nitrogen and oxygen atoms in total. The van der Waals surface area contributed by atoms with Crippen molar-refractivity contribution in [3.8, 4) is 5.75 Å². The number of aromatic nitrogens is 1. The third-order valence-corrected chi connectivity index (χ3v) is 5.35. The van der Waals surface area contributed by atoms with Crippen LogP contribution in [0.2, 0.25) is 5.02 Å². The van der Waals surface area contributed by atoms with Crippen LogP contribution in [0.4, 0.5) is 23.7 Å². The van der Waals surface area contributed by atoms with Crippen LogP contribution in [0.3, 0.4) is 0 Å². The van der Waals surface area contributed by atoms with Crippen molar-refractivity contribution >= 4 is 28.9 Å². The van der Waals surface area contributed by atoms with Gasteiger partial charge in [0.15, 0.2) is 0 Å². The average molecular weight is 486 g/mol. The first kappa shape index (κ1) is 24.8. The van der Waals surface area contributed by atoms with Crippen molar-refractivity contribution in [2.24, 2.45) is 0 Å². The van der Waals surface area contributed by atoms with Gasteiger partial charge in [0, 0.05) is 36.6 Å². The first-order valence-electron chi connectivity index (χ1n) is 10.2. The zero-order chi connectivity index (χ0) is 24.2. The maximum absolute atomic E-state index is 13.1. The number of anilines is 1. The summed E-state index contributed by atoms with van der Waals surface area (Å²) in [6, 6.07) is 4.28. The molecule has 0 spiro atoms. The summed E-state index contributed by atoms with van der Waals surface area (Å²) in [5.74, 6) is -0.348. The Bertz CT molecular complexity index is 1050. The molecule has 1 atom stereocenters. The number of alkyl halides is 3. The summed E-state index contributed by atoms with van der Waals surface area (Å²) in [4.78, 5) is 18.4. The Balaban J connectivity index is 1.69. The minimum atomic E-state index is -4.56. The number of nitrogens with one attached hydrogen (secondary N) is 1. The minimum absolute atomic E-state index is 0.0523. The highest BCUT2D eigenvalue weighted by Crippen LogP contribution is 2.38. The van der Waals surface area contributed by atoms with Gasteiger partial charge in [-0.1, -0.05) is 17.7 Å². The van der Waals surface area contributed by atoms with E-state index in [0.29, 0.717) is 29.2 Å². The number of ether oxygens (including phenoxy) is 1. The van der Waals surface area contributed by atoms with Gasteiger partial charge >= 0.3 is 12.2 Å². The van der Waals surface area contributed by atoms with E-state index >= 15 is 0 Å². The summed E-state index contributed by atoms with van der Waals surface area (Å²) in [5.41, 5.74) is 1.02. The lowest BCUT2D eigenvalue weighted by atomic mass is 10.0. The molecule has 1 aliphatic rings. The maximum Gasteiger partial charge on any atom is 0.419 e. The van der Waals surface area contributed by atoms with Gasteiger partial charge in [0.25, 0.3) is 0 Å². The summed E-state index contributed by atoms with van der Waals surface area (Å²) in [7, 11) is 0. The van der Waals surface area contributed by atoms with E-state index in [1.54, 1.807) is 13.0 Å². The Morgan fingerprint density at radius 2 is 2.12 bits per heavy atom. The molecule has 2 heterocycles. The predicted molar refractivity (Wildman–Crippen MR) is 117 cm³/mol. The number of amides is 2. The molecule has 0 bridgehead atoms. The van der Waals surface area contributed by atoms with E-state index in [1.807, 2.05) is 0 Å². The molecule has 1 aliphatic heterocycles. The molecule has 1 aromatic carbocycles. The average Bonchev–Trinajstić information content (AvgIpc) is 2.78. The monoisotopic (exact) mass is 485 g/mol. The lowest BCUT2D eigenvalue weighted by Gasteiger charge is -2.27. The van der Waals surface area contributed by atoms with Gasteiger partial charge in [-0.05, 0) is 37.1 Å². The van der Waals surface area contributed by atoms with Crippen LogP contribution in [-0.2, 0) is 6.18 Å². The third kappa shape index (κ3) is 5.95. The second-order valence-corrected chi connectivity index (χ2v) is 7.70. The largest absolute Gasteiger partial charge is 0.493 e. The Morgan fingerprint density at radius 1 is 1.36 bits per heavy atom. The predicted octanol–water partition coefficient (Wildman–Crippen LogP) is 4.50. The molecule has 0 saturated heterocycles. The highest BCUT2D eigenvalue weighted by Gasteiger charge is 2.34. The normalized spacial score (nSPS) is 15.1. The Labute approximate surface area is 193 Å². The number of rotatable bonds is 6. The number of hydrogen-bond donors (Lipinski definition) is 3. The van der Waals surface area contributed by atoms with Crippen molar-refractivity contribution in [3.63, 3.8) is 0 Å². The molecular formula is C22H23ClF3N3O4. The summed E-state index contributed by atoms with van der Waals surface area (Å²) in [6.45, 7) is 1.77. The fourth-order valence-electron chi connectivity index (χ4n) is 3.36. The van der Waals surface area contributed by atoms with Crippen molar-refractivity contribution in [1.82, 2.24) is 9.88 Å². The number of halogens is 4. The fourth-order valence-corrected chi connectivity index (χ4v) is 3.65. The molecule has 3 N–H and O–H groups in total. The van der Waals surface area contributed by atoms with E-state index in [4.69, 9.17) is 21.4 Å². The number of aliphatic hydroxyl groups is 2. The van der Waals surface area contributed by atoms with Crippen LogP contribution in [0, 0.1) is 0 Å². The summed E-state index contributed by atoms with van der Waals surface area (Å²) in [5, 5.41) is 21.7. The highest BCUT2D eigenvalue weighted by molar-refractivity contribution is 6.32. The minimum Gasteiger partial charge on any atom is -0.493 e. The van der Waals surface area contributed by atoms with Crippen molar-refractivity contribution in [3.05, 3.63) is 58.4 Å². The maximum atomic E-state index is 13.1. The van der Waals surface area contributed by atoms with Gasteiger partial charge in [0.2, 0.25) is 0 Å². The lowest BCUT2D eigenvalue weighted by molar-refractivity contribution is -0.138. The van der Waals surface area contributed by atoms with Crippen LogP contribution in [0.5, 0.6) is 5.75 Å². The van der Waals surface area contributed by atoms with E-state index in [0.717, 1.165) is 17.7 Å². The fraction of sp³-hybridized carbons (Fsp3) is 0.364. The van der Waals surface area contributed by atoms with E-state index in [9.17, 15) is 23.1 Å². The Hall–Kier alpha value is -2.82. The summed E-state index contributed by atoms with van der Waals surface area (Å²) >= 11 is 6.27. The zero-order valence-corrected chi connectivity index (χ0v) is 18.5. The molecule has 0 saturated carbocycles. The van der Waals surface area contributed by atoms with Gasteiger partial charge in [-0.15, -0.1) is 0 Å². The van der Waals surface area contributed by atoms with Crippen LogP contribution < -0.4 is 10.1 Å². The van der Waals surface area contributed by atoms with Gasteiger partial charge in [-0.3, -0.25) is 4.98 Å². The number of nitrogens with zero attached hydrogens (tertiary/aromatic N) is 2. The second-order valence-electron chi connectivity index (χ2n) is 7.29. The molecule has 33 heavy (non-hydrogen) atoms. The molecule has 11 heteroatoms. The van der Waals surface area contributed by atoms with E-state index in [2.05, 4.69) is 10.3 Å². The van der Waals surface area contributed by atoms with E-state index in [-0.39, 0.29) is 24.6 Å². The SMILES string of the molecule is CCOc1cc(NC(=O)N2CC=C(c3ncc([C@H](O)CO)cc3Cl)CC2)ccc1C(F)(F)F. The molecule has 0 fully saturated rings. The Kier molecular flexibility index (Phi) is 7.83. The van der Waals surface area contributed by atoms with Crippen LogP contribution in [0.25, 0.3) is 5.57 Å². The number of carbonyl (C=O) groups excluding carboxylic acids is 1. The van der Waals surface area contributed by atoms with Gasteiger partial charge in [-0.25, -0.2) is 4.79 Å². The van der Waals surface area contributed by atoms with Gasteiger partial charge in [-0.2, -0.15) is 13.2 Å². The number of benzene rings is 1. The number of hydrogen-bond acceptors (Lipinski definition) is 5. The standard InChI is InChI=1S/C22H23ClF3N3O4/c1-2-33-19-10-15(3-4-16(19)22(24,25)26)28-21(32)29-7-5-13(6-8-29)20-17(23)9-14(11-27-20)18(31)12-30/h3-5,9-11,18,30-31H,2,6-8,12H2,1H3,(H,28,32)/t18-/m1/s1. The second kappa shape index (κ2) is 10.4. The molecule has 2 aromatic rings. The van der Waals surface area contributed by atoms with Crippen molar-refractivity contribution in [1.29, 1.82) is 0 Å². The lowest BCUT2D eigenvalue weighted by Crippen LogP contribution is -2.38. The molecule has 2 amide bonds. The number of carbonyl (C=O) groups is 1. The molecular weight excluding hydrogens is 463 g/mol. The van der Waals surface area contributed by atoms with Crippen LogP contribution in [0.1, 0.15) is 36.3 Å². The zero-order valence-electron chi connectivity index (χ0n) is 17.7. The smallest absolute Gasteiger partial charge is 0.419 e. The van der Waals surface area contributed by atoms with Crippen LogP contribution in [0.15, 0.2) is 36.5 Å². The molecule has 0 aliphatic carbocycles. The Morgan fingerprint density at radius 3 is 2.70 bits per heavy atom. The molecule has 0 unspecified atom stereocenters. The van der Waals surface area contributed by atoms with Crippen molar-refractivity contribution < 1.29 is 32.9 Å². The van der Waals surface area contributed by atoms with Gasteiger partial charge in [0.05, 0.1) is 29.5 Å². The third-order valence-electron chi connectivity index (χ3n) is 5.06. The number of urea groups is 1. The number of aliphatic hydroxyl groups excluding tert-OH is 2. The van der Waals surface area contributed by atoms with Crippen molar-refractivity contribution in [2.45, 2.75) is 25.6 Å². The van der Waals surface area contributed by atoms with E-state index < -0.39 is 30.5 Å². The quantitative estimate of drug-likeness (QED) is 0.560. The summed E-state index contributed by atoms with van der Waals surface area (Å²) < 4.78 is 44.5. The first-order valence-corrected chi connectivity index (χ1v) is 10.6. The topological polar surface area (TPSA) is 94.9 Å². The highest BCUT2D eigenvalue weighted by atomic mass is 35.5. The molecule has 178 valence electrons. The molecule has 0 radical (unpaired) electrons. The van der Waals surface area contributed by atoms with Gasteiger partial charge in [0.1, 0.15) is 11.9 Å². The number of pyridine rings is 1. The van der Waals surface area contributed by atoms with Crippen LogP contribution in [-0.4, -0.2) is 52.4 Å². The first-order chi connectivity index (χ1) is 15.6. The molecule has 1 aromatic heterocycles. The van der Waals surface area contributed by atoms with Gasteiger partial charge < -0.3 is 25.2 Å². The van der Waals surface area contributed by atoms with Crippen molar-refractivity contribution in [2.75, 3.05) is 31.6 Å².